The molecule has 2 unspecified atom stereocenters. The first kappa shape index (κ1) is 30.2. The second-order valence-corrected chi connectivity index (χ2v) is 9.43. The summed E-state index contributed by atoms with van der Waals surface area (Å²) in [6, 6.07) is -4.00. The molecule has 3 fully saturated rings. The fourth-order valence-corrected chi connectivity index (χ4v) is 4.73. The van der Waals surface area contributed by atoms with Gasteiger partial charge in [0.15, 0.2) is 18.9 Å². The molecule has 0 bridgehead atoms. The van der Waals surface area contributed by atoms with Crippen LogP contribution in [0, 0.1) is 0 Å². The highest BCUT2D eigenvalue weighted by Crippen LogP contribution is 2.34. The van der Waals surface area contributed by atoms with E-state index in [1.807, 2.05) is 0 Å². The van der Waals surface area contributed by atoms with Crippen LogP contribution in [0.15, 0.2) is 0 Å². The number of alkyl halides is 1. The fraction of sp³-hybridized carbons (Fsp3) is 1.00. The minimum atomic E-state index is -1.83. The molecule has 3 heterocycles. The normalized spacial score (nSPS) is 52.3. The van der Waals surface area contributed by atoms with Gasteiger partial charge in [0.25, 0.3) is 0 Å². The summed E-state index contributed by atoms with van der Waals surface area (Å²) < 4.78 is 27.7. The fourth-order valence-electron chi connectivity index (χ4n) is 4.42. The van der Waals surface area contributed by atoms with Crippen molar-refractivity contribution in [1.82, 2.24) is 0 Å². The molecule has 0 aromatic carbocycles. The maximum atomic E-state index is 10.9. The van der Waals surface area contributed by atoms with Crippen molar-refractivity contribution in [2.24, 2.45) is 17.2 Å². The molecule has 0 aromatic heterocycles. The second kappa shape index (κ2) is 12.2. The number of rotatable bonds is 8. The molecule has 0 radical (unpaired) electrons. The highest BCUT2D eigenvalue weighted by molar-refractivity contribution is 6.18. The zero-order valence-corrected chi connectivity index (χ0v) is 19.9. The number of nitrogens with two attached hydrogens (primary N) is 3. The van der Waals surface area contributed by atoms with Gasteiger partial charge in [-0.15, -0.1) is 11.6 Å². The molecule has 0 spiro atoms. The van der Waals surface area contributed by atoms with Gasteiger partial charge in [0, 0.05) is 0 Å². The van der Waals surface area contributed by atoms with Crippen molar-refractivity contribution in [1.29, 1.82) is 0 Å². The molecule has 0 aromatic rings. The van der Waals surface area contributed by atoms with E-state index in [1.165, 1.54) is 0 Å². The van der Waals surface area contributed by atoms with E-state index in [9.17, 15) is 40.9 Å². The molecule has 17 heteroatoms. The first-order valence-corrected chi connectivity index (χ1v) is 11.8. The molecule has 0 aliphatic carbocycles. The molecular formula is C19H36ClN3O13. The van der Waals surface area contributed by atoms with Crippen LogP contribution in [0.1, 0.15) is 0 Å². The second-order valence-electron chi connectivity index (χ2n) is 9.17. The molecule has 36 heavy (non-hydrogen) atoms. The molecule has 3 saturated heterocycles. The predicted octanol–water partition coefficient (Wildman–Crippen LogP) is -7.06. The average Bonchev–Trinajstić information content (AvgIpc) is 2.88. The van der Waals surface area contributed by atoms with Gasteiger partial charge in [-0.3, -0.25) is 0 Å². The van der Waals surface area contributed by atoms with Gasteiger partial charge < -0.3 is 81.7 Å². The Hall–Kier alpha value is -0.350. The third-order valence-corrected chi connectivity index (χ3v) is 7.27. The Morgan fingerprint density at radius 3 is 1.75 bits per heavy atom. The van der Waals surface area contributed by atoms with Crippen LogP contribution in [0.3, 0.4) is 0 Å². The average molecular weight is 550 g/mol. The van der Waals surface area contributed by atoms with E-state index >= 15 is 0 Å². The van der Waals surface area contributed by atoms with Crippen LogP contribution in [0.2, 0.25) is 0 Å². The van der Waals surface area contributed by atoms with E-state index < -0.39 is 117 Å². The minimum absolute atomic E-state index is 0.439. The monoisotopic (exact) mass is 549 g/mol. The van der Waals surface area contributed by atoms with Crippen LogP contribution in [0.4, 0.5) is 0 Å². The van der Waals surface area contributed by atoms with Crippen LogP contribution in [0.25, 0.3) is 0 Å². The third kappa shape index (κ3) is 5.51. The lowest BCUT2D eigenvalue weighted by molar-refractivity contribution is -0.358. The maximum absolute atomic E-state index is 10.9. The number of ether oxygens (including phenoxy) is 5. The lowest BCUT2D eigenvalue weighted by Gasteiger charge is -2.50. The van der Waals surface area contributed by atoms with Gasteiger partial charge in [0.1, 0.15) is 54.4 Å². The summed E-state index contributed by atoms with van der Waals surface area (Å²) in [6.07, 6.45) is -16.2. The Kier molecular flexibility index (Phi) is 10.3. The van der Waals surface area contributed by atoms with E-state index in [0.29, 0.717) is 0 Å². The van der Waals surface area contributed by atoms with Crippen molar-refractivity contribution < 1.29 is 64.5 Å². The van der Waals surface area contributed by atoms with Gasteiger partial charge in [-0.25, -0.2) is 0 Å². The van der Waals surface area contributed by atoms with Crippen molar-refractivity contribution in [3.8, 4) is 0 Å². The van der Waals surface area contributed by atoms with E-state index in [-0.39, 0.29) is 0 Å². The Morgan fingerprint density at radius 2 is 1.22 bits per heavy atom. The zero-order valence-electron chi connectivity index (χ0n) is 19.1. The molecule has 0 amide bonds. The van der Waals surface area contributed by atoms with Gasteiger partial charge in [0.2, 0.25) is 0 Å². The Balaban J connectivity index is 1.76. The Morgan fingerprint density at radius 1 is 0.722 bits per heavy atom. The summed E-state index contributed by atoms with van der Waals surface area (Å²) in [5.41, 5.74) is 15.9. The molecule has 212 valence electrons. The van der Waals surface area contributed by atoms with Crippen molar-refractivity contribution in [3.63, 3.8) is 0 Å². The molecule has 3 aliphatic heterocycles. The van der Waals surface area contributed by atoms with E-state index in [0.717, 1.165) is 0 Å². The van der Waals surface area contributed by atoms with Crippen LogP contribution in [-0.4, -0.2) is 158 Å². The van der Waals surface area contributed by atoms with Crippen LogP contribution >= 0.6 is 11.6 Å². The summed E-state index contributed by atoms with van der Waals surface area (Å²) in [7, 11) is 0. The van der Waals surface area contributed by atoms with Crippen LogP contribution < -0.4 is 17.2 Å². The predicted molar refractivity (Wildman–Crippen MR) is 117 cm³/mol. The molecule has 16 nitrogen and oxygen atoms in total. The van der Waals surface area contributed by atoms with Crippen LogP contribution in [0.5, 0.6) is 0 Å². The Bertz CT molecular complexity index is 707. The number of hydrogen-bond donors (Lipinski definition) is 11. The topological polar surface area (TPSA) is 286 Å². The van der Waals surface area contributed by atoms with Gasteiger partial charge in [0.05, 0.1) is 43.8 Å². The lowest BCUT2D eigenvalue weighted by atomic mass is 9.87. The largest absolute Gasteiger partial charge is 0.394 e. The highest BCUT2D eigenvalue weighted by atomic mass is 35.5. The highest BCUT2D eigenvalue weighted by Gasteiger charge is 2.55. The smallest absolute Gasteiger partial charge is 0.176 e. The molecule has 15 atom stereocenters. The minimum Gasteiger partial charge on any atom is -0.394 e. The first-order valence-electron chi connectivity index (χ1n) is 11.3. The summed E-state index contributed by atoms with van der Waals surface area (Å²) in [5, 5.41) is 80.9. The molecule has 14 N–H and O–H groups in total. The summed E-state index contributed by atoms with van der Waals surface area (Å²) in [5.74, 6) is -0.439. The van der Waals surface area contributed by atoms with Gasteiger partial charge in [-0.1, -0.05) is 0 Å². The first-order chi connectivity index (χ1) is 17.0. The standard InChI is InChI=1S/C19H36ClN3O13/c20-3-19(4-26)15(30)12(29)9(23)18(36-19)35-14-6(2-25)33-17(8(22)11(14)28)34-13-5(1-24)32-16(31)7(21)10(13)27/h5-18,24-31H,1-4,21-23H2/t5-,6-,7-,8-,9-,10-,11-,12-,13?,14?,15+,16-,17+,18+,19-/m1/s1. The summed E-state index contributed by atoms with van der Waals surface area (Å²) in [4.78, 5) is 0. The summed E-state index contributed by atoms with van der Waals surface area (Å²) in [6.45, 7) is -2.19. The van der Waals surface area contributed by atoms with Crippen molar-refractivity contribution >= 4 is 11.6 Å². The number of hydrogen-bond acceptors (Lipinski definition) is 16. The molecule has 3 rings (SSSR count). The van der Waals surface area contributed by atoms with Crippen molar-refractivity contribution in [3.05, 3.63) is 0 Å². The molecular weight excluding hydrogens is 514 g/mol. The third-order valence-electron chi connectivity index (χ3n) is 6.82. The SMILES string of the molecule is N[C@H]1[C@@H](OC2[C@@H](CO)O[C@@H](OC3[C@@H](CO)O[C@@H](O)[C@H](N)[C@H]3O)[C@H](N)[C@H]2O)O[C@@](CO)(CCl)[C@@H](O)[C@@H]1O. The molecule has 0 saturated carbocycles. The zero-order chi connectivity index (χ0) is 26.9. The Labute approximate surface area is 211 Å². The van der Waals surface area contributed by atoms with E-state index in [4.69, 9.17) is 52.5 Å². The number of halogens is 1. The number of aliphatic hydroxyl groups excluding tert-OH is 8. The lowest BCUT2D eigenvalue weighted by Crippen LogP contribution is -2.72. The summed E-state index contributed by atoms with van der Waals surface area (Å²) >= 11 is 5.85. The van der Waals surface area contributed by atoms with Gasteiger partial charge >= 0.3 is 0 Å². The van der Waals surface area contributed by atoms with Gasteiger partial charge in [-0.2, -0.15) is 0 Å². The van der Waals surface area contributed by atoms with Crippen molar-refractivity contribution in [2.45, 2.75) is 91.4 Å². The van der Waals surface area contributed by atoms with Crippen LogP contribution in [-0.2, 0) is 23.7 Å². The van der Waals surface area contributed by atoms with E-state index in [2.05, 4.69) is 0 Å². The van der Waals surface area contributed by atoms with E-state index in [1.54, 1.807) is 0 Å². The quantitative estimate of drug-likeness (QED) is 0.125. The number of aliphatic hydroxyl groups is 8. The maximum Gasteiger partial charge on any atom is 0.176 e. The molecule has 3 aliphatic rings. The van der Waals surface area contributed by atoms with Gasteiger partial charge in [-0.05, 0) is 0 Å². The van der Waals surface area contributed by atoms with Crippen molar-refractivity contribution in [2.75, 3.05) is 25.7 Å².